The van der Waals surface area contributed by atoms with E-state index in [1.54, 1.807) is 7.11 Å². The van der Waals surface area contributed by atoms with Crippen molar-refractivity contribution in [2.75, 3.05) is 33.4 Å². The van der Waals surface area contributed by atoms with Crippen molar-refractivity contribution in [3.63, 3.8) is 0 Å². The van der Waals surface area contributed by atoms with Crippen molar-refractivity contribution in [1.82, 2.24) is 10.2 Å². The monoisotopic (exact) mass is 242 g/mol. The number of nitrogens with zero attached hydrogens (tertiary/aromatic N) is 1. The van der Waals surface area contributed by atoms with Crippen LogP contribution in [0.3, 0.4) is 0 Å². The molecule has 1 aliphatic heterocycles. The molecule has 3 heteroatoms. The van der Waals surface area contributed by atoms with Gasteiger partial charge in [0.2, 0.25) is 0 Å². The summed E-state index contributed by atoms with van der Waals surface area (Å²) in [6, 6.07) is 1.47. The highest BCUT2D eigenvalue weighted by Gasteiger charge is 2.19. The minimum Gasteiger partial charge on any atom is -0.385 e. The summed E-state index contributed by atoms with van der Waals surface area (Å²) in [5.74, 6) is 0. The predicted molar refractivity (Wildman–Crippen MR) is 73.5 cm³/mol. The molecule has 1 saturated heterocycles. The Bertz CT molecular complexity index is 177. The highest BCUT2D eigenvalue weighted by molar-refractivity contribution is 4.78. The average molecular weight is 242 g/mol. The van der Waals surface area contributed by atoms with Gasteiger partial charge in [-0.2, -0.15) is 0 Å². The van der Waals surface area contributed by atoms with Gasteiger partial charge in [-0.3, -0.25) is 0 Å². The normalized spacial score (nSPS) is 19.1. The lowest BCUT2D eigenvalue weighted by molar-refractivity contribution is 0.160. The predicted octanol–water partition coefficient (Wildman–Crippen LogP) is 2.27. The van der Waals surface area contributed by atoms with E-state index in [9.17, 15) is 0 Å². The van der Waals surface area contributed by atoms with Crippen LogP contribution in [0.5, 0.6) is 0 Å². The zero-order valence-electron chi connectivity index (χ0n) is 11.9. The number of likely N-dealkylation sites (tertiary alicyclic amines) is 1. The maximum absolute atomic E-state index is 5.05. The zero-order valence-corrected chi connectivity index (χ0v) is 11.9. The number of hydrogen-bond donors (Lipinski definition) is 1. The second-order valence-corrected chi connectivity index (χ2v) is 5.41. The third-order valence-corrected chi connectivity index (χ3v) is 3.72. The van der Waals surface area contributed by atoms with Gasteiger partial charge in [0.1, 0.15) is 0 Å². The van der Waals surface area contributed by atoms with Gasteiger partial charge in [-0.15, -0.1) is 0 Å². The lowest BCUT2D eigenvalue weighted by atomic mass is 10.0. The largest absolute Gasteiger partial charge is 0.385 e. The summed E-state index contributed by atoms with van der Waals surface area (Å²) in [7, 11) is 1.78. The van der Waals surface area contributed by atoms with Gasteiger partial charge >= 0.3 is 0 Å². The third-order valence-electron chi connectivity index (χ3n) is 3.72. The molecule has 0 amide bonds. The van der Waals surface area contributed by atoms with Gasteiger partial charge in [-0.25, -0.2) is 0 Å². The quantitative estimate of drug-likeness (QED) is 0.661. The van der Waals surface area contributed by atoms with Crippen molar-refractivity contribution in [2.24, 2.45) is 0 Å². The molecule has 1 heterocycles. The molecular weight excluding hydrogens is 212 g/mol. The standard InChI is InChI=1S/C14H30N2O/c1-13(2)16-10-7-14(8-11-16)15-9-5-4-6-12-17-3/h13-15H,4-12H2,1-3H3. The van der Waals surface area contributed by atoms with Crippen LogP contribution in [0.1, 0.15) is 46.0 Å². The molecule has 0 radical (unpaired) electrons. The first-order valence-electron chi connectivity index (χ1n) is 7.20. The van der Waals surface area contributed by atoms with Crippen LogP contribution in [-0.2, 0) is 4.74 Å². The topological polar surface area (TPSA) is 24.5 Å². The van der Waals surface area contributed by atoms with Gasteiger partial charge in [0.05, 0.1) is 0 Å². The molecule has 0 bridgehead atoms. The summed E-state index contributed by atoms with van der Waals surface area (Å²) in [4.78, 5) is 2.58. The maximum atomic E-state index is 5.05. The van der Waals surface area contributed by atoms with Gasteiger partial charge in [-0.05, 0) is 65.6 Å². The molecule has 1 aliphatic rings. The molecule has 0 aliphatic carbocycles. The van der Waals surface area contributed by atoms with E-state index in [0.717, 1.165) is 12.6 Å². The van der Waals surface area contributed by atoms with E-state index >= 15 is 0 Å². The van der Waals surface area contributed by atoms with E-state index in [1.165, 1.54) is 51.7 Å². The number of piperidine rings is 1. The smallest absolute Gasteiger partial charge is 0.0462 e. The SMILES string of the molecule is COCCCCCNC1CCN(C(C)C)CC1. The summed E-state index contributed by atoms with van der Waals surface area (Å²) < 4.78 is 5.05. The minimum atomic E-state index is 0.713. The highest BCUT2D eigenvalue weighted by atomic mass is 16.5. The van der Waals surface area contributed by atoms with E-state index < -0.39 is 0 Å². The summed E-state index contributed by atoms with van der Waals surface area (Å²) in [5.41, 5.74) is 0. The van der Waals surface area contributed by atoms with Crippen molar-refractivity contribution in [2.45, 2.75) is 58.0 Å². The Kier molecular flexibility index (Phi) is 7.82. The van der Waals surface area contributed by atoms with Crippen LogP contribution >= 0.6 is 0 Å². The summed E-state index contributed by atoms with van der Waals surface area (Å²) in [5, 5.41) is 3.69. The van der Waals surface area contributed by atoms with Gasteiger partial charge in [0.25, 0.3) is 0 Å². The zero-order chi connectivity index (χ0) is 12.5. The first kappa shape index (κ1) is 14.9. The van der Waals surface area contributed by atoms with E-state index in [2.05, 4.69) is 24.1 Å². The van der Waals surface area contributed by atoms with Gasteiger partial charge in [0, 0.05) is 25.8 Å². The molecule has 0 atom stereocenters. The van der Waals surface area contributed by atoms with Crippen molar-refractivity contribution in [3.8, 4) is 0 Å². The summed E-state index contributed by atoms with van der Waals surface area (Å²) in [6.45, 7) is 9.20. The summed E-state index contributed by atoms with van der Waals surface area (Å²) >= 11 is 0. The van der Waals surface area contributed by atoms with Crippen LogP contribution in [0, 0.1) is 0 Å². The van der Waals surface area contributed by atoms with Gasteiger partial charge < -0.3 is 15.0 Å². The molecule has 0 aromatic rings. The second kappa shape index (κ2) is 8.90. The Balaban J connectivity index is 1.95. The van der Waals surface area contributed by atoms with Crippen molar-refractivity contribution >= 4 is 0 Å². The van der Waals surface area contributed by atoms with Crippen LogP contribution < -0.4 is 5.32 Å². The van der Waals surface area contributed by atoms with Crippen molar-refractivity contribution in [3.05, 3.63) is 0 Å². The molecule has 1 rings (SSSR count). The third kappa shape index (κ3) is 6.39. The molecule has 1 fully saturated rings. The fourth-order valence-electron chi connectivity index (χ4n) is 2.47. The first-order valence-corrected chi connectivity index (χ1v) is 7.20. The van der Waals surface area contributed by atoms with Crippen molar-refractivity contribution < 1.29 is 4.74 Å². The molecule has 0 spiro atoms. The van der Waals surface area contributed by atoms with E-state index in [4.69, 9.17) is 4.74 Å². The Labute approximate surface area is 107 Å². The molecule has 0 aromatic carbocycles. The first-order chi connectivity index (χ1) is 8.24. The van der Waals surface area contributed by atoms with E-state index in [-0.39, 0.29) is 0 Å². The molecular formula is C14H30N2O. The fourth-order valence-corrected chi connectivity index (χ4v) is 2.47. The minimum absolute atomic E-state index is 0.713. The lowest BCUT2D eigenvalue weighted by Gasteiger charge is -2.35. The number of rotatable bonds is 8. The Morgan fingerprint density at radius 1 is 1.18 bits per heavy atom. The lowest BCUT2D eigenvalue weighted by Crippen LogP contribution is -2.45. The molecule has 102 valence electrons. The number of ether oxygens (including phenoxy) is 1. The van der Waals surface area contributed by atoms with E-state index in [0.29, 0.717) is 6.04 Å². The summed E-state index contributed by atoms with van der Waals surface area (Å²) in [6.07, 6.45) is 6.40. The molecule has 0 saturated carbocycles. The van der Waals surface area contributed by atoms with Gasteiger partial charge in [-0.1, -0.05) is 0 Å². The molecule has 0 aromatic heterocycles. The number of nitrogens with one attached hydrogen (secondary N) is 1. The highest BCUT2D eigenvalue weighted by Crippen LogP contribution is 2.12. The Hall–Kier alpha value is -0.120. The Morgan fingerprint density at radius 2 is 1.88 bits per heavy atom. The van der Waals surface area contributed by atoms with Crippen LogP contribution in [0.4, 0.5) is 0 Å². The average Bonchev–Trinajstić information content (AvgIpc) is 2.34. The van der Waals surface area contributed by atoms with Crippen LogP contribution in [0.25, 0.3) is 0 Å². The maximum Gasteiger partial charge on any atom is 0.0462 e. The van der Waals surface area contributed by atoms with Crippen molar-refractivity contribution in [1.29, 1.82) is 0 Å². The second-order valence-electron chi connectivity index (χ2n) is 5.41. The molecule has 17 heavy (non-hydrogen) atoms. The van der Waals surface area contributed by atoms with Crippen LogP contribution in [0.2, 0.25) is 0 Å². The van der Waals surface area contributed by atoms with Crippen LogP contribution in [0.15, 0.2) is 0 Å². The van der Waals surface area contributed by atoms with Gasteiger partial charge in [0.15, 0.2) is 0 Å². The van der Waals surface area contributed by atoms with Crippen LogP contribution in [-0.4, -0.2) is 50.3 Å². The molecule has 3 nitrogen and oxygen atoms in total. The number of hydrogen-bond acceptors (Lipinski definition) is 3. The number of methoxy groups -OCH3 is 1. The fraction of sp³-hybridized carbons (Fsp3) is 1.00. The number of unbranched alkanes of at least 4 members (excludes halogenated alkanes) is 2. The Morgan fingerprint density at radius 3 is 2.47 bits per heavy atom. The molecule has 1 N–H and O–H groups in total. The van der Waals surface area contributed by atoms with E-state index in [1.807, 2.05) is 0 Å². The molecule has 0 unspecified atom stereocenters.